The summed E-state index contributed by atoms with van der Waals surface area (Å²) in [6.07, 6.45) is 3.46. The third-order valence-corrected chi connectivity index (χ3v) is 3.16. The van der Waals surface area contributed by atoms with Crippen LogP contribution in [0.15, 0.2) is 12.3 Å². The van der Waals surface area contributed by atoms with Gasteiger partial charge in [-0.2, -0.15) is 0 Å². The van der Waals surface area contributed by atoms with Gasteiger partial charge in [0, 0.05) is 25.0 Å². The molecule has 0 aliphatic carbocycles. The van der Waals surface area contributed by atoms with Crippen LogP contribution in [-0.4, -0.2) is 41.5 Å². The van der Waals surface area contributed by atoms with Crippen molar-refractivity contribution in [3.8, 4) is 0 Å². The van der Waals surface area contributed by atoms with Gasteiger partial charge in [-0.25, -0.2) is 4.79 Å². The van der Waals surface area contributed by atoms with Gasteiger partial charge in [-0.15, -0.1) is 0 Å². The minimum Gasteiger partial charge on any atom is -0.462 e. The van der Waals surface area contributed by atoms with E-state index >= 15 is 0 Å². The van der Waals surface area contributed by atoms with Crippen molar-refractivity contribution >= 4 is 11.9 Å². The van der Waals surface area contributed by atoms with Crippen LogP contribution >= 0.6 is 0 Å². The molecular weight excluding hydrogens is 244 g/mol. The van der Waals surface area contributed by atoms with Crippen molar-refractivity contribution in [2.45, 2.75) is 26.7 Å². The molecule has 1 aromatic rings. The first kappa shape index (κ1) is 13.5. The smallest absolute Gasteiger partial charge is 0.340 e. The molecule has 0 saturated carbocycles. The summed E-state index contributed by atoms with van der Waals surface area (Å²) in [5.41, 5.74) is 1.37. The van der Waals surface area contributed by atoms with Crippen molar-refractivity contribution in [2.24, 2.45) is 0 Å². The number of aryl methyl sites for hydroxylation is 1. The quantitative estimate of drug-likeness (QED) is 0.779. The van der Waals surface area contributed by atoms with E-state index in [9.17, 15) is 9.59 Å². The van der Waals surface area contributed by atoms with Gasteiger partial charge in [-0.05, 0) is 32.8 Å². The Kier molecular flexibility index (Phi) is 4.14. The van der Waals surface area contributed by atoms with Gasteiger partial charge in [0.2, 0.25) is 0 Å². The maximum Gasteiger partial charge on any atom is 0.340 e. The van der Waals surface area contributed by atoms with Crippen molar-refractivity contribution in [1.82, 2.24) is 9.88 Å². The topological polar surface area (TPSA) is 59.5 Å². The van der Waals surface area contributed by atoms with E-state index in [-0.39, 0.29) is 18.1 Å². The van der Waals surface area contributed by atoms with Crippen molar-refractivity contribution in [3.05, 3.63) is 29.1 Å². The van der Waals surface area contributed by atoms with Gasteiger partial charge in [-0.1, -0.05) is 0 Å². The molecule has 1 aliphatic rings. The van der Waals surface area contributed by atoms with Gasteiger partial charge < -0.3 is 9.64 Å². The molecule has 0 unspecified atom stereocenters. The fourth-order valence-electron chi connectivity index (χ4n) is 2.20. The molecule has 0 N–H and O–H groups in total. The Morgan fingerprint density at radius 3 is 2.63 bits per heavy atom. The standard InChI is InChI=1S/C14H18N2O3/c1-3-19-14(18)12-9-15-10(2)8-11(12)13(17)16-6-4-5-7-16/h8-9H,3-7H2,1-2H3. The number of hydrogen-bond acceptors (Lipinski definition) is 4. The number of aromatic nitrogens is 1. The van der Waals surface area contributed by atoms with E-state index in [2.05, 4.69) is 4.98 Å². The molecule has 1 saturated heterocycles. The van der Waals surface area contributed by atoms with Crippen molar-refractivity contribution < 1.29 is 14.3 Å². The molecule has 19 heavy (non-hydrogen) atoms. The normalized spacial score (nSPS) is 14.5. The number of hydrogen-bond donors (Lipinski definition) is 0. The molecule has 5 nitrogen and oxygen atoms in total. The molecule has 0 spiro atoms. The second-order valence-electron chi connectivity index (χ2n) is 4.59. The number of rotatable bonds is 3. The average molecular weight is 262 g/mol. The molecule has 1 fully saturated rings. The van der Waals surface area contributed by atoms with E-state index in [1.54, 1.807) is 24.8 Å². The molecule has 0 aromatic carbocycles. The maximum absolute atomic E-state index is 12.4. The van der Waals surface area contributed by atoms with E-state index in [0.29, 0.717) is 5.56 Å². The second-order valence-corrected chi connectivity index (χ2v) is 4.59. The first-order valence-corrected chi connectivity index (χ1v) is 6.56. The minimum absolute atomic E-state index is 0.106. The molecule has 2 rings (SSSR count). The highest BCUT2D eigenvalue weighted by Crippen LogP contribution is 2.17. The van der Waals surface area contributed by atoms with Crippen LogP contribution in [0.2, 0.25) is 0 Å². The third-order valence-electron chi connectivity index (χ3n) is 3.16. The Hall–Kier alpha value is -1.91. The third kappa shape index (κ3) is 2.92. The zero-order valence-corrected chi connectivity index (χ0v) is 11.3. The highest BCUT2D eigenvalue weighted by Gasteiger charge is 2.25. The van der Waals surface area contributed by atoms with Crippen LogP contribution in [-0.2, 0) is 4.74 Å². The summed E-state index contributed by atoms with van der Waals surface area (Å²) in [5.74, 6) is -0.594. The number of carbonyl (C=O) groups excluding carboxylic acids is 2. The Morgan fingerprint density at radius 2 is 2.00 bits per heavy atom. The van der Waals surface area contributed by atoms with E-state index in [0.717, 1.165) is 31.6 Å². The number of esters is 1. The number of carbonyl (C=O) groups is 2. The van der Waals surface area contributed by atoms with E-state index in [1.165, 1.54) is 6.20 Å². The second kappa shape index (κ2) is 5.82. The van der Waals surface area contributed by atoms with Crippen molar-refractivity contribution in [1.29, 1.82) is 0 Å². The summed E-state index contributed by atoms with van der Waals surface area (Å²) in [5, 5.41) is 0. The van der Waals surface area contributed by atoms with Crippen LogP contribution in [0.25, 0.3) is 0 Å². The molecule has 0 radical (unpaired) electrons. The van der Waals surface area contributed by atoms with Crippen LogP contribution in [0.1, 0.15) is 46.2 Å². The molecule has 0 bridgehead atoms. The monoisotopic (exact) mass is 262 g/mol. The number of pyridine rings is 1. The van der Waals surface area contributed by atoms with Crippen LogP contribution in [0.4, 0.5) is 0 Å². The van der Waals surface area contributed by atoms with Crippen LogP contribution in [0.3, 0.4) is 0 Å². The Balaban J connectivity index is 2.33. The first-order valence-electron chi connectivity index (χ1n) is 6.56. The predicted molar refractivity (Wildman–Crippen MR) is 70.1 cm³/mol. The summed E-state index contributed by atoms with van der Waals surface area (Å²) in [6.45, 7) is 5.33. The fraction of sp³-hybridized carbons (Fsp3) is 0.500. The van der Waals surface area contributed by atoms with Gasteiger partial charge in [0.1, 0.15) is 0 Å². The average Bonchev–Trinajstić information content (AvgIpc) is 2.91. The molecule has 0 atom stereocenters. The van der Waals surface area contributed by atoms with Gasteiger partial charge >= 0.3 is 5.97 Å². The SMILES string of the molecule is CCOC(=O)c1cnc(C)cc1C(=O)N1CCCC1. The summed E-state index contributed by atoms with van der Waals surface area (Å²) in [4.78, 5) is 30.1. The van der Waals surface area contributed by atoms with Crippen LogP contribution in [0, 0.1) is 6.92 Å². The maximum atomic E-state index is 12.4. The lowest BCUT2D eigenvalue weighted by molar-refractivity contribution is 0.0519. The largest absolute Gasteiger partial charge is 0.462 e. The predicted octanol–water partition coefficient (Wildman–Crippen LogP) is 1.80. The lowest BCUT2D eigenvalue weighted by Crippen LogP contribution is -2.29. The van der Waals surface area contributed by atoms with Crippen LogP contribution < -0.4 is 0 Å². The van der Waals surface area contributed by atoms with Gasteiger partial charge in [0.15, 0.2) is 0 Å². The van der Waals surface area contributed by atoms with Crippen molar-refractivity contribution in [2.75, 3.05) is 19.7 Å². The molecule has 5 heteroatoms. The Bertz CT molecular complexity index is 493. The summed E-state index contributed by atoms with van der Waals surface area (Å²) < 4.78 is 4.97. The molecule has 1 aromatic heterocycles. The van der Waals surface area contributed by atoms with Crippen molar-refractivity contribution in [3.63, 3.8) is 0 Å². The zero-order chi connectivity index (χ0) is 13.8. The van der Waals surface area contributed by atoms with E-state index in [4.69, 9.17) is 4.74 Å². The molecule has 2 heterocycles. The highest BCUT2D eigenvalue weighted by atomic mass is 16.5. The summed E-state index contributed by atoms with van der Waals surface area (Å²) in [6, 6.07) is 1.66. The molecule has 102 valence electrons. The number of ether oxygens (including phenoxy) is 1. The van der Waals surface area contributed by atoms with Gasteiger partial charge in [0.05, 0.1) is 17.7 Å². The van der Waals surface area contributed by atoms with Gasteiger partial charge in [0.25, 0.3) is 5.91 Å². The van der Waals surface area contributed by atoms with E-state index < -0.39 is 5.97 Å². The number of amides is 1. The molecular formula is C14H18N2O3. The fourth-order valence-corrected chi connectivity index (χ4v) is 2.20. The summed E-state index contributed by atoms with van der Waals surface area (Å²) >= 11 is 0. The minimum atomic E-state index is -0.488. The van der Waals surface area contributed by atoms with Crippen LogP contribution in [0.5, 0.6) is 0 Å². The lowest BCUT2D eigenvalue weighted by atomic mass is 10.1. The Labute approximate surface area is 112 Å². The number of likely N-dealkylation sites (tertiary alicyclic amines) is 1. The Morgan fingerprint density at radius 1 is 1.32 bits per heavy atom. The lowest BCUT2D eigenvalue weighted by Gasteiger charge is -2.17. The molecule has 1 amide bonds. The summed E-state index contributed by atoms with van der Waals surface area (Å²) in [7, 11) is 0. The molecule has 1 aliphatic heterocycles. The highest BCUT2D eigenvalue weighted by molar-refractivity contribution is 6.05. The first-order chi connectivity index (χ1) is 9.13. The zero-order valence-electron chi connectivity index (χ0n) is 11.3. The number of nitrogens with zero attached hydrogens (tertiary/aromatic N) is 2. The van der Waals surface area contributed by atoms with Gasteiger partial charge in [-0.3, -0.25) is 9.78 Å². The van der Waals surface area contributed by atoms with E-state index in [1.807, 2.05) is 0 Å².